The van der Waals surface area contributed by atoms with Crippen LogP contribution in [0.1, 0.15) is 45.2 Å². The Balaban J connectivity index is 1.47. The maximum Gasteiger partial charge on any atom is 0.186 e. The van der Waals surface area contributed by atoms with Crippen LogP contribution in [0.25, 0.3) is 5.57 Å². The van der Waals surface area contributed by atoms with Crippen molar-refractivity contribution in [2.24, 2.45) is 0 Å². The Bertz CT molecular complexity index is 627. The van der Waals surface area contributed by atoms with Crippen molar-refractivity contribution in [3.8, 4) is 0 Å². The van der Waals surface area contributed by atoms with Crippen LogP contribution in [-0.4, -0.2) is 52.5 Å². The van der Waals surface area contributed by atoms with E-state index in [9.17, 15) is 0 Å². The van der Waals surface area contributed by atoms with Crippen molar-refractivity contribution >= 4 is 5.57 Å². The van der Waals surface area contributed by atoms with Gasteiger partial charge in [-0.1, -0.05) is 11.3 Å². The average Bonchev–Trinajstić information content (AvgIpc) is 3.23. The Hall–Kier alpha value is -1.28. The lowest BCUT2D eigenvalue weighted by molar-refractivity contribution is -0.228. The molecule has 3 aliphatic rings. The first-order chi connectivity index (χ1) is 11.6. The summed E-state index contributed by atoms with van der Waals surface area (Å²) in [7, 11) is 1.63. The molecule has 2 unspecified atom stereocenters. The van der Waals surface area contributed by atoms with Gasteiger partial charge in [0.1, 0.15) is 24.0 Å². The van der Waals surface area contributed by atoms with Crippen molar-refractivity contribution in [1.82, 2.24) is 15.0 Å². The maximum atomic E-state index is 6.01. The van der Waals surface area contributed by atoms with Crippen LogP contribution in [0, 0.1) is 0 Å². The third-order valence-electron chi connectivity index (χ3n) is 4.87. The highest BCUT2D eigenvalue weighted by atomic mass is 16.8. The van der Waals surface area contributed by atoms with Crippen molar-refractivity contribution in [2.45, 2.75) is 76.5 Å². The first-order valence-corrected chi connectivity index (χ1v) is 8.69. The van der Waals surface area contributed by atoms with Crippen LogP contribution in [0.2, 0.25) is 0 Å². The van der Waals surface area contributed by atoms with Gasteiger partial charge in [-0.25, -0.2) is 4.68 Å². The van der Waals surface area contributed by atoms with E-state index in [2.05, 4.69) is 16.4 Å². The summed E-state index contributed by atoms with van der Waals surface area (Å²) in [4.78, 5) is 0. The quantitative estimate of drug-likeness (QED) is 0.840. The smallest absolute Gasteiger partial charge is 0.186 e. The molecule has 7 nitrogen and oxygen atoms in total. The van der Waals surface area contributed by atoms with Gasteiger partial charge in [0.05, 0.1) is 12.7 Å². The van der Waals surface area contributed by atoms with Gasteiger partial charge in [-0.05, 0) is 45.1 Å². The molecule has 4 rings (SSSR count). The Morgan fingerprint density at radius 3 is 2.88 bits per heavy atom. The molecule has 1 aromatic heterocycles. The molecule has 1 aromatic rings. The molecular weight excluding hydrogens is 310 g/mol. The lowest BCUT2D eigenvalue weighted by Gasteiger charge is -2.23. The first kappa shape index (κ1) is 16.2. The molecule has 4 atom stereocenters. The third kappa shape index (κ3) is 3.01. The van der Waals surface area contributed by atoms with Crippen LogP contribution in [0.15, 0.2) is 12.3 Å². The lowest BCUT2D eigenvalue weighted by atomic mass is 9.98. The van der Waals surface area contributed by atoms with Gasteiger partial charge in [0.25, 0.3) is 0 Å². The number of hydrogen-bond acceptors (Lipinski definition) is 6. The van der Waals surface area contributed by atoms with Crippen molar-refractivity contribution < 1.29 is 18.9 Å². The molecule has 0 aromatic carbocycles. The minimum Gasteiger partial charge on any atom is -0.353 e. The summed E-state index contributed by atoms with van der Waals surface area (Å²) in [5, 5.41) is 8.59. The molecule has 0 bridgehead atoms. The maximum absolute atomic E-state index is 6.01. The van der Waals surface area contributed by atoms with Gasteiger partial charge in [0.2, 0.25) is 0 Å². The zero-order chi connectivity index (χ0) is 16.7. The molecule has 1 aliphatic carbocycles. The Morgan fingerprint density at radius 2 is 2.12 bits per heavy atom. The van der Waals surface area contributed by atoms with Crippen LogP contribution < -0.4 is 0 Å². The highest BCUT2D eigenvalue weighted by Gasteiger charge is 2.55. The number of rotatable bonds is 4. The van der Waals surface area contributed by atoms with Crippen LogP contribution >= 0.6 is 0 Å². The summed E-state index contributed by atoms with van der Waals surface area (Å²) < 4.78 is 25.1. The Kier molecular flexibility index (Phi) is 4.20. The van der Waals surface area contributed by atoms with Gasteiger partial charge in [-0.2, -0.15) is 0 Å². The van der Waals surface area contributed by atoms with Crippen molar-refractivity contribution in [3.63, 3.8) is 0 Å². The molecule has 2 aliphatic heterocycles. The second-order valence-corrected chi connectivity index (χ2v) is 7.14. The van der Waals surface area contributed by atoms with Gasteiger partial charge < -0.3 is 18.9 Å². The van der Waals surface area contributed by atoms with Gasteiger partial charge in [-0.3, -0.25) is 0 Å². The van der Waals surface area contributed by atoms with Gasteiger partial charge in [-0.15, -0.1) is 5.10 Å². The van der Waals surface area contributed by atoms with E-state index in [1.165, 1.54) is 18.4 Å². The zero-order valence-electron chi connectivity index (χ0n) is 14.5. The SMILES string of the molecule is CO[C@@H]1O[C@H](Cn2cc(C3=CCCCC3)nn2)C2OC(C)(C)OC21. The van der Waals surface area contributed by atoms with Gasteiger partial charge in [0.15, 0.2) is 12.1 Å². The molecule has 24 heavy (non-hydrogen) atoms. The molecule has 0 radical (unpaired) electrons. The van der Waals surface area contributed by atoms with Crippen LogP contribution in [0.5, 0.6) is 0 Å². The third-order valence-corrected chi connectivity index (χ3v) is 4.87. The summed E-state index contributed by atoms with van der Waals surface area (Å²) in [5.41, 5.74) is 2.27. The predicted octanol–water partition coefficient (Wildman–Crippen LogP) is 2.13. The van der Waals surface area contributed by atoms with Gasteiger partial charge >= 0.3 is 0 Å². The molecule has 2 saturated heterocycles. The minimum atomic E-state index is -0.616. The van der Waals surface area contributed by atoms with E-state index in [1.54, 1.807) is 7.11 Å². The normalized spacial score (nSPS) is 35.0. The topological polar surface area (TPSA) is 67.6 Å². The van der Waals surface area contributed by atoms with Crippen molar-refractivity contribution in [1.29, 1.82) is 0 Å². The molecule has 0 amide bonds. The number of allylic oxidation sites excluding steroid dienone is 2. The highest BCUT2D eigenvalue weighted by Crippen LogP contribution is 2.39. The molecule has 0 spiro atoms. The number of aromatic nitrogens is 3. The van der Waals surface area contributed by atoms with Crippen molar-refractivity contribution in [3.05, 3.63) is 18.0 Å². The molecule has 0 saturated carbocycles. The monoisotopic (exact) mass is 335 g/mol. The fourth-order valence-corrected chi connectivity index (χ4v) is 3.77. The Labute approximate surface area is 141 Å². The number of nitrogens with zero attached hydrogens (tertiary/aromatic N) is 3. The fourth-order valence-electron chi connectivity index (χ4n) is 3.77. The van der Waals surface area contributed by atoms with Crippen LogP contribution in [0.3, 0.4) is 0 Å². The van der Waals surface area contributed by atoms with Crippen molar-refractivity contribution in [2.75, 3.05) is 7.11 Å². The second kappa shape index (κ2) is 6.22. The van der Waals surface area contributed by atoms with E-state index in [1.807, 2.05) is 24.7 Å². The van der Waals surface area contributed by atoms with E-state index < -0.39 is 12.1 Å². The number of hydrogen-bond donors (Lipinski definition) is 0. The molecule has 132 valence electrons. The molecular formula is C17H25N3O4. The predicted molar refractivity (Wildman–Crippen MR) is 86.0 cm³/mol. The van der Waals surface area contributed by atoms with Crippen LogP contribution in [-0.2, 0) is 25.5 Å². The Morgan fingerprint density at radius 1 is 1.29 bits per heavy atom. The number of fused-ring (bicyclic) bond motifs is 1. The second-order valence-electron chi connectivity index (χ2n) is 7.14. The van der Waals surface area contributed by atoms with E-state index >= 15 is 0 Å². The summed E-state index contributed by atoms with van der Waals surface area (Å²) in [5.74, 6) is -0.616. The average molecular weight is 335 g/mol. The molecule has 2 fully saturated rings. The summed E-state index contributed by atoms with van der Waals surface area (Å²) >= 11 is 0. The fraction of sp³-hybridized carbons (Fsp3) is 0.765. The summed E-state index contributed by atoms with van der Waals surface area (Å²) in [6.07, 6.45) is 8.03. The van der Waals surface area contributed by atoms with E-state index in [-0.39, 0.29) is 18.3 Å². The summed E-state index contributed by atoms with van der Waals surface area (Å²) in [6.45, 7) is 4.40. The molecule has 7 heteroatoms. The largest absolute Gasteiger partial charge is 0.353 e. The van der Waals surface area contributed by atoms with E-state index in [0.29, 0.717) is 6.54 Å². The van der Waals surface area contributed by atoms with Crippen LogP contribution in [0.4, 0.5) is 0 Å². The standard InChI is InChI=1S/C17H25N3O4/c1-17(2)23-14-13(22-16(21-3)15(14)24-17)10-20-9-12(18-19-20)11-7-5-4-6-8-11/h7,9,13-16H,4-6,8,10H2,1-3H3/t13-,14?,15?,16-/m1/s1. The number of methoxy groups -OCH3 is 1. The highest BCUT2D eigenvalue weighted by molar-refractivity contribution is 5.62. The van der Waals surface area contributed by atoms with Gasteiger partial charge in [0, 0.05) is 7.11 Å². The molecule has 0 N–H and O–H groups in total. The summed E-state index contributed by atoms with van der Waals surface area (Å²) in [6, 6.07) is 0. The minimum absolute atomic E-state index is 0.161. The first-order valence-electron chi connectivity index (χ1n) is 8.69. The lowest BCUT2D eigenvalue weighted by Crippen LogP contribution is -2.33. The zero-order valence-corrected chi connectivity index (χ0v) is 14.5. The number of ether oxygens (including phenoxy) is 4. The van der Waals surface area contributed by atoms with E-state index in [0.717, 1.165) is 18.5 Å². The van der Waals surface area contributed by atoms with E-state index in [4.69, 9.17) is 18.9 Å². The molecule has 3 heterocycles.